The Balaban J connectivity index is 1.75. The van der Waals surface area contributed by atoms with Gasteiger partial charge in [0.2, 0.25) is 5.91 Å². The minimum Gasteiger partial charge on any atom is -0.350 e. The molecule has 0 heterocycles. The van der Waals surface area contributed by atoms with Crippen molar-refractivity contribution in [1.82, 2.24) is 15.5 Å². The van der Waals surface area contributed by atoms with Crippen LogP contribution in [0.25, 0.3) is 0 Å². The summed E-state index contributed by atoms with van der Waals surface area (Å²) < 4.78 is 23.0. The Morgan fingerprint density at radius 3 is 2.24 bits per heavy atom. The summed E-state index contributed by atoms with van der Waals surface area (Å²) in [6.45, 7) is 2.53. The highest BCUT2D eigenvalue weighted by Crippen LogP contribution is 2.16. The van der Waals surface area contributed by atoms with Gasteiger partial charge in [0.15, 0.2) is 9.84 Å². The van der Waals surface area contributed by atoms with Crippen LogP contribution in [0.2, 0.25) is 0 Å². The van der Waals surface area contributed by atoms with Crippen molar-refractivity contribution in [2.75, 3.05) is 19.8 Å². The summed E-state index contributed by atoms with van der Waals surface area (Å²) in [5.41, 5.74) is 1.83. The van der Waals surface area contributed by atoms with Gasteiger partial charge in [-0.05, 0) is 30.2 Å². The first-order valence-corrected chi connectivity index (χ1v) is 11.2. The van der Waals surface area contributed by atoms with Crippen LogP contribution in [0.15, 0.2) is 59.5 Å². The Labute approximate surface area is 172 Å². The van der Waals surface area contributed by atoms with Crippen molar-refractivity contribution in [2.45, 2.75) is 30.8 Å². The number of hydrogen-bond acceptors (Lipinski definition) is 4. The maximum absolute atomic E-state index is 12.1. The molecule has 29 heavy (non-hydrogen) atoms. The average molecular weight is 418 g/mol. The second-order valence-corrected chi connectivity index (χ2v) is 8.97. The number of rotatable bonds is 8. The Kier molecular flexibility index (Phi) is 7.78. The van der Waals surface area contributed by atoms with Crippen LogP contribution in [0.4, 0.5) is 4.79 Å². The van der Waals surface area contributed by atoms with Gasteiger partial charge in [-0.1, -0.05) is 42.5 Å². The Morgan fingerprint density at radius 2 is 1.66 bits per heavy atom. The quantitative estimate of drug-likeness (QED) is 0.690. The molecule has 1 unspecified atom stereocenters. The molecule has 0 aliphatic rings. The Morgan fingerprint density at radius 1 is 1.03 bits per heavy atom. The van der Waals surface area contributed by atoms with Crippen LogP contribution in [-0.2, 0) is 21.2 Å². The molecule has 8 heteroatoms. The lowest BCUT2D eigenvalue weighted by Gasteiger charge is -2.18. The summed E-state index contributed by atoms with van der Waals surface area (Å²) in [7, 11) is -1.55. The predicted octanol–water partition coefficient (Wildman–Crippen LogP) is 2.50. The Bertz CT molecular complexity index is 928. The number of carbonyl (C=O) groups is 2. The van der Waals surface area contributed by atoms with E-state index >= 15 is 0 Å². The van der Waals surface area contributed by atoms with E-state index in [0.717, 1.165) is 17.4 Å². The molecule has 0 aliphatic carbocycles. The van der Waals surface area contributed by atoms with Gasteiger partial charge in [0.05, 0.1) is 10.9 Å². The lowest BCUT2D eigenvalue weighted by atomic mass is 10.1. The van der Waals surface area contributed by atoms with Gasteiger partial charge in [0, 0.05) is 32.8 Å². The third-order valence-electron chi connectivity index (χ3n) is 4.42. The lowest BCUT2D eigenvalue weighted by Crippen LogP contribution is -2.39. The Hall–Kier alpha value is -2.87. The zero-order valence-corrected chi connectivity index (χ0v) is 17.7. The lowest BCUT2D eigenvalue weighted by molar-refractivity contribution is -0.121. The fourth-order valence-electron chi connectivity index (χ4n) is 2.75. The number of amides is 3. The van der Waals surface area contributed by atoms with E-state index in [2.05, 4.69) is 10.6 Å². The molecule has 2 aromatic rings. The van der Waals surface area contributed by atoms with Crippen molar-refractivity contribution in [3.8, 4) is 0 Å². The fourth-order valence-corrected chi connectivity index (χ4v) is 3.38. The topological polar surface area (TPSA) is 95.6 Å². The molecule has 2 aromatic carbocycles. The highest BCUT2D eigenvalue weighted by molar-refractivity contribution is 7.90. The van der Waals surface area contributed by atoms with Gasteiger partial charge in [-0.25, -0.2) is 13.2 Å². The first kappa shape index (κ1) is 22.4. The van der Waals surface area contributed by atoms with Crippen molar-refractivity contribution in [2.24, 2.45) is 0 Å². The molecule has 7 nitrogen and oxygen atoms in total. The summed E-state index contributed by atoms with van der Waals surface area (Å²) >= 11 is 0. The van der Waals surface area contributed by atoms with Crippen LogP contribution in [0.5, 0.6) is 0 Å². The van der Waals surface area contributed by atoms with Crippen molar-refractivity contribution in [3.05, 3.63) is 65.7 Å². The molecule has 1 atom stereocenters. The van der Waals surface area contributed by atoms with E-state index < -0.39 is 9.84 Å². The summed E-state index contributed by atoms with van der Waals surface area (Å²) in [6.07, 6.45) is 1.30. The summed E-state index contributed by atoms with van der Waals surface area (Å²) in [5, 5.41) is 5.57. The molecule has 0 aromatic heterocycles. The third kappa shape index (κ3) is 7.23. The average Bonchev–Trinajstić information content (AvgIpc) is 2.68. The minimum atomic E-state index is -3.25. The monoisotopic (exact) mass is 417 g/mol. The molecule has 0 bridgehead atoms. The van der Waals surface area contributed by atoms with E-state index in [-0.39, 0.29) is 35.8 Å². The van der Waals surface area contributed by atoms with E-state index in [1.807, 2.05) is 37.3 Å². The molecule has 2 rings (SSSR count). The molecule has 0 fully saturated rings. The first-order valence-electron chi connectivity index (χ1n) is 9.29. The molecule has 0 saturated carbocycles. The van der Waals surface area contributed by atoms with Crippen molar-refractivity contribution < 1.29 is 18.0 Å². The molecule has 0 aliphatic heterocycles. The normalized spacial score (nSPS) is 12.1. The van der Waals surface area contributed by atoms with Crippen LogP contribution in [0.3, 0.4) is 0 Å². The van der Waals surface area contributed by atoms with Crippen LogP contribution in [0, 0.1) is 0 Å². The van der Waals surface area contributed by atoms with E-state index in [0.29, 0.717) is 6.54 Å². The standard InChI is InChI=1S/C21H27N3O4S/c1-16(18-9-11-19(12-10-18)29(3,27)28)23-20(25)13-14-22-21(26)24(2)15-17-7-5-4-6-8-17/h4-12,16H,13-15H2,1-3H3,(H,22,26)(H,23,25). The van der Waals surface area contributed by atoms with Gasteiger partial charge < -0.3 is 15.5 Å². The number of nitrogens with one attached hydrogen (secondary N) is 2. The summed E-state index contributed by atoms with van der Waals surface area (Å²) in [6, 6.07) is 15.5. The first-order chi connectivity index (χ1) is 13.7. The smallest absolute Gasteiger partial charge is 0.317 e. The van der Waals surface area contributed by atoms with E-state index in [1.165, 1.54) is 12.1 Å². The molecular formula is C21H27N3O4S. The van der Waals surface area contributed by atoms with Gasteiger partial charge in [-0.15, -0.1) is 0 Å². The van der Waals surface area contributed by atoms with Gasteiger partial charge in [-0.2, -0.15) is 0 Å². The second kappa shape index (κ2) is 10.1. The van der Waals surface area contributed by atoms with E-state index in [4.69, 9.17) is 0 Å². The maximum atomic E-state index is 12.1. The van der Waals surface area contributed by atoms with Gasteiger partial charge in [0.25, 0.3) is 0 Å². The number of benzene rings is 2. The van der Waals surface area contributed by atoms with E-state index in [9.17, 15) is 18.0 Å². The maximum Gasteiger partial charge on any atom is 0.317 e. The molecule has 0 radical (unpaired) electrons. The minimum absolute atomic E-state index is 0.149. The van der Waals surface area contributed by atoms with Gasteiger partial charge in [0.1, 0.15) is 0 Å². The van der Waals surface area contributed by atoms with Crippen LogP contribution in [-0.4, -0.2) is 45.1 Å². The third-order valence-corrected chi connectivity index (χ3v) is 5.55. The predicted molar refractivity (Wildman–Crippen MR) is 112 cm³/mol. The molecule has 0 spiro atoms. The zero-order valence-electron chi connectivity index (χ0n) is 16.9. The largest absolute Gasteiger partial charge is 0.350 e. The molecule has 2 N–H and O–H groups in total. The second-order valence-electron chi connectivity index (χ2n) is 6.95. The molecular weight excluding hydrogens is 390 g/mol. The number of sulfone groups is 1. The van der Waals surface area contributed by atoms with Crippen molar-refractivity contribution in [1.29, 1.82) is 0 Å². The van der Waals surface area contributed by atoms with Crippen molar-refractivity contribution in [3.63, 3.8) is 0 Å². The molecule has 156 valence electrons. The zero-order chi connectivity index (χ0) is 21.4. The number of carbonyl (C=O) groups excluding carboxylic acids is 2. The van der Waals surface area contributed by atoms with E-state index in [1.54, 1.807) is 24.1 Å². The highest BCUT2D eigenvalue weighted by Gasteiger charge is 2.13. The van der Waals surface area contributed by atoms with Gasteiger partial charge in [-0.3, -0.25) is 4.79 Å². The van der Waals surface area contributed by atoms with Crippen molar-refractivity contribution >= 4 is 21.8 Å². The summed E-state index contributed by atoms with van der Waals surface area (Å²) in [5.74, 6) is -0.198. The molecule has 3 amide bonds. The number of nitrogens with zero attached hydrogens (tertiary/aromatic N) is 1. The number of hydrogen-bond donors (Lipinski definition) is 2. The van der Waals surface area contributed by atoms with Gasteiger partial charge >= 0.3 is 6.03 Å². The van der Waals surface area contributed by atoms with Crippen LogP contribution in [0.1, 0.15) is 30.5 Å². The highest BCUT2D eigenvalue weighted by atomic mass is 32.2. The molecule has 0 saturated heterocycles. The van der Waals surface area contributed by atoms with Crippen LogP contribution < -0.4 is 10.6 Å². The fraction of sp³-hybridized carbons (Fsp3) is 0.333. The SMILES string of the molecule is CC(NC(=O)CCNC(=O)N(C)Cc1ccccc1)c1ccc(S(C)(=O)=O)cc1. The number of urea groups is 1. The summed E-state index contributed by atoms with van der Waals surface area (Å²) in [4.78, 5) is 26.0. The van der Waals surface area contributed by atoms with Crippen LogP contribution >= 0.6 is 0 Å².